The number of hydrogen-bond donors (Lipinski definition) is 2. The number of anilines is 1. The number of hydrogen-bond acceptors (Lipinski definition) is 5. The lowest BCUT2D eigenvalue weighted by Gasteiger charge is -2.28. The van der Waals surface area contributed by atoms with Gasteiger partial charge in [-0.3, -0.25) is 14.8 Å². The zero-order valence-electron chi connectivity index (χ0n) is 16.1. The highest BCUT2D eigenvalue weighted by Gasteiger charge is 2.36. The highest BCUT2D eigenvalue weighted by molar-refractivity contribution is 5.97. The van der Waals surface area contributed by atoms with E-state index >= 15 is 0 Å². The minimum Gasteiger partial charge on any atom is -0.444 e. The summed E-state index contributed by atoms with van der Waals surface area (Å²) in [6.45, 7) is 7.80. The first-order valence-electron chi connectivity index (χ1n) is 9.03. The van der Waals surface area contributed by atoms with Crippen molar-refractivity contribution in [2.24, 2.45) is 0 Å². The van der Waals surface area contributed by atoms with Crippen molar-refractivity contribution in [1.29, 1.82) is 0 Å². The number of ether oxygens (including phenoxy) is 1. The number of carbonyl (C=O) groups is 2. The van der Waals surface area contributed by atoms with Crippen LogP contribution in [-0.2, 0) is 9.53 Å². The topological polar surface area (TPSA) is 100 Å². The summed E-state index contributed by atoms with van der Waals surface area (Å²) >= 11 is 0. The summed E-state index contributed by atoms with van der Waals surface area (Å²) in [4.78, 5) is 30.8. The third kappa shape index (κ3) is 4.64. The van der Waals surface area contributed by atoms with E-state index in [4.69, 9.17) is 4.74 Å². The van der Waals surface area contributed by atoms with Crippen molar-refractivity contribution >= 4 is 17.7 Å². The molecular weight excluding hydrogens is 346 g/mol. The van der Waals surface area contributed by atoms with E-state index in [2.05, 4.69) is 20.5 Å². The fourth-order valence-corrected chi connectivity index (χ4v) is 2.98. The van der Waals surface area contributed by atoms with E-state index < -0.39 is 17.7 Å². The van der Waals surface area contributed by atoms with Gasteiger partial charge >= 0.3 is 6.09 Å². The lowest BCUT2D eigenvalue weighted by atomic mass is 10.1. The summed E-state index contributed by atoms with van der Waals surface area (Å²) < 4.78 is 5.41. The fraction of sp³-hybridized carbons (Fsp3) is 0.474. The van der Waals surface area contributed by atoms with Crippen LogP contribution in [0.3, 0.4) is 0 Å². The molecule has 8 nitrogen and oxygen atoms in total. The number of nitrogens with one attached hydrogen (secondary N) is 2. The van der Waals surface area contributed by atoms with E-state index in [1.54, 1.807) is 12.1 Å². The van der Waals surface area contributed by atoms with Crippen molar-refractivity contribution in [2.75, 3.05) is 11.9 Å². The van der Waals surface area contributed by atoms with Crippen molar-refractivity contribution in [3.05, 3.63) is 30.1 Å². The van der Waals surface area contributed by atoms with E-state index in [1.807, 2.05) is 39.8 Å². The van der Waals surface area contributed by atoms with Gasteiger partial charge in [-0.25, -0.2) is 9.78 Å². The Morgan fingerprint density at radius 2 is 1.96 bits per heavy atom. The third-order valence-electron chi connectivity index (χ3n) is 4.19. The number of aromatic nitrogens is 3. The largest absolute Gasteiger partial charge is 0.444 e. The first kappa shape index (κ1) is 18.9. The number of amides is 2. The van der Waals surface area contributed by atoms with Crippen LogP contribution in [0.2, 0.25) is 0 Å². The fourth-order valence-electron chi connectivity index (χ4n) is 2.98. The Hall–Kier alpha value is -2.90. The maximum absolute atomic E-state index is 12.7. The summed E-state index contributed by atoms with van der Waals surface area (Å²) in [5.74, 6) is 1.14. The molecule has 2 amide bonds. The molecule has 1 unspecified atom stereocenters. The van der Waals surface area contributed by atoms with Crippen molar-refractivity contribution in [2.45, 2.75) is 52.2 Å². The molecule has 0 bridgehead atoms. The predicted octanol–water partition coefficient (Wildman–Crippen LogP) is 3.12. The van der Waals surface area contributed by atoms with Gasteiger partial charge in [-0.15, -0.1) is 0 Å². The molecule has 0 spiro atoms. The quantitative estimate of drug-likeness (QED) is 0.863. The second kappa shape index (κ2) is 7.38. The van der Waals surface area contributed by atoms with Crippen LogP contribution in [0.1, 0.15) is 39.4 Å². The van der Waals surface area contributed by atoms with Crippen LogP contribution >= 0.6 is 0 Å². The van der Waals surface area contributed by atoms with Gasteiger partial charge in [-0.05, 0) is 64.8 Å². The number of likely N-dealkylation sites (tertiary alicyclic amines) is 1. The number of rotatable bonds is 3. The van der Waals surface area contributed by atoms with Crippen LogP contribution in [0.4, 0.5) is 10.5 Å². The van der Waals surface area contributed by atoms with Gasteiger partial charge < -0.3 is 10.1 Å². The van der Waals surface area contributed by atoms with Crippen molar-refractivity contribution < 1.29 is 14.3 Å². The molecule has 2 N–H and O–H groups in total. The van der Waals surface area contributed by atoms with Crippen LogP contribution in [0.25, 0.3) is 11.4 Å². The molecule has 0 aliphatic carbocycles. The summed E-state index contributed by atoms with van der Waals surface area (Å²) in [7, 11) is 0. The molecule has 0 saturated carbocycles. The molecule has 1 fully saturated rings. The van der Waals surface area contributed by atoms with Crippen LogP contribution in [0.5, 0.6) is 0 Å². The molecule has 2 aromatic rings. The minimum atomic E-state index is -0.588. The molecule has 1 aromatic carbocycles. The number of H-pyrrole nitrogens is 1. The van der Waals surface area contributed by atoms with Gasteiger partial charge in [0.25, 0.3) is 0 Å². The van der Waals surface area contributed by atoms with Gasteiger partial charge in [0.1, 0.15) is 17.5 Å². The van der Waals surface area contributed by atoms with Crippen molar-refractivity contribution in [3.8, 4) is 11.4 Å². The zero-order valence-corrected chi connectivity index (χ0v) is 16.1. The van der Waals surface area contributed by atoms with Gasteiger partial charge in [0.15, 0.2) is 5.82 Å². The van der Waals surface area contributed by atoms with Gasteiger partial charge in [0, 0.05) is 17.8 Å². The zero-order chi connectivity index (χ0) is 19.6. The first-order chi connectivity index (χ1) is 12.7. The molecule has 1 aliphatic rings. The SMILES string of the molecule is Cc1nc(-c2ccc(NC(=O)C3CCCN3C(=O)OC(C)(C)C)cc2)n[nH]1. The lowest BCUT2D eigenvalue weighted by molar-refractivity contribution is -0.120. The predicted molar refractivity (Wildman–Crippen MR) is 101 cm³/mol. The molecule has 27 heavy (non-hydrogen) atoms. The Balaban J connectivity index is 1.65. The number of benzene rings is 1. The molecule has 2 heterocycles. The first-order valence-corrected chi connectivity index (χ1v) is 9.03. The van der Waals surface area contributed by atoms with E-state index in [1.165, 1.54) is 4.90 Å². The standard InChI is InChI=1S/C19H25N5O3/c1-12-20-16(23-22-12)13-7-9-14(10-8-13)21-17(25)15-6-5-11-24(15)18(26)27-19(2,3)4/h7-10,15H,5-6,11H2,1-4H3,(H,21,25)(H,20,22,23). The molecule has 3 rings (SSSR count). The maximum atomic E-state index is 12.7. The minimum absolute atomic E-state index is 0.208. The number of aromatic amines is 1. The molecule has 144 valence electrons. The number of nitrogens with zero attached hydrogens (tertiary/aromatic N) is 3. The number of carbonyl (C=O) groups excluding carboxylic acids is 2. The highest BCUT2D eigenvalue weighted by Crippen LogP contribution is 2.23. The third-order valence-corrected chi connectivity index (χ3v) is 4.19. The van der Waals surface area contributed by atoms with Crippen LogP contribution in [0, 0.1) is 6.92 Å². The van der Waals surface area contributed by atoms with Gasteiger partial charge in [-0.1, -0.05) is 0 Å². The van der Waals surface area contributed by atoms with E-state index in [9.17, 15) is 9.59 Å². The average molecular weight is 371 g/mol. The van der Waals surface area contributed by atoms with Crippen molar-refractivity contribution in [1.82, 2.24) is 20.1 Å². The van der Waals surface area contributed by atoms with Crippen LogP contribution in [-0.4, -0.2) is 50.3 Å². The Bertz CT molecular complexity index is 823. The summed E-state index contributed by atoms with van der Waals surface area (Å²) in [6, 6.07) is 6.77. The molecule has 1 atom stereocenters. The second-order valence-corrected chi connectivity index (χ2v) is 7.64. The Morgan fingerprint density at radius 1 is 1.26 bits per heavy atom. The van der Waals surface area contributed by atoms with Gasteiger partial charge in [-0.2, -0.15) is 5.10 Å². The summed E-state index contributed by atoms with van der Waals surface area (Å²) in [5.41, 5.74) is 0.926. The Kier molecular flexibility index (Phi) is 5.16. The van der Waals surface area contributed by atoms with Gasteiger partial charge in [0.2, 0.25) is 5.91 Å². The molecular formula is C19H25N5O3. The summed E-state index contributed by atoms with van der Waals surface area (Å²) in [6.07, 6.45) is 0.954. The van der Waals surface area contributed by atoms with E-state index in [0.717, 1.165) is 17.8 Å². The molecule has 1 aliphatic heterocycles. The smallest absolute Gasteiger partial charge is 0.410 e. The Morgan fingerprint density at radius 3 is 2.56 bits per heavy atom. The number of aryl methyl sites for hydroxylation is 1. The van der Waals surface area contributed by atoms with Crippen molar-refractivity contribution in [3.63, 3.8) is 0 Å². The molecule has 1 saturated heterocycles. The van der Waals surface area contributed by atoms with Crippen LogP contribution < -0.4 is 5.32 Å². The monoisotopic (exact) mass is 371 g/mol. The normalized spacial score (nSPS) is 17.0. The summed E-state index contributed by atoms with van der Waals surface area (Å²) in [5, 5.41) is 9.80. The van der Waals surface area contributed by atoms with E-state index in [-0.39, 0.29) is 5.91 Å². The molecule has 1 aromatic heterocycles. The molecule has 8 heteroatoms. The highest BCUT2D eigenvalue weighted by atomic mass is 16.6. The van der Waals surface area contributed by atoms with Gasteiger partial charge in [0.05, 0.1) is 0 Å². The lowest BCUT2D eigenvalue weighted by Crippen LogP contribution is -2.45. The van der Waals surface area contributed by atoms with E-state index in [0.29, 0.717) is 24.5 Å². The van der Waals surface area contributed by atoms with Crippen LogP contribution in [0.15, 0.2) is 24.3 Å². The Labute approximate surface area is 158 Å². The average Bonchev–Trinajstić information content (AvgIpc) is 3.23. The maximum Gasteiger partial charge on any atom is 0.410 e. The molecule has 0 radical (unpaired) electrons. The second-order valence-electron chi connectivity index (χ2n) is 7.64.